The van der Waals surface area contributed by atoms with Gasteiger partial charge in [0, 0.05) is 31.7 Å². The predicted octanol–water partition coefficient (Wildman–Crippen LogP) is 2.53. The third kappa shape index (κ3) is 2.84. The summed E-state index contributed by atoms with van der Waals surface area (Å²) in [4.78, 5) is 20.2. The monoisotopic (exact) mass is 287 g/mol. The van der Waals surface area contributed by atoms with Gasteiger partial charge in [-0.2, -0.15) is 0 Å². The third-order valence-electron chi connectivity index (χ3n) is 3.20. The van der Waals surface area contributed by atoms with Crippen molar-refractivity contribution in [2.24, 2.45) is 0 Å². The zero-order chi connectivity index (χ0) is 13.3. The Labute approximate surface area is 117 Å². The molecule has 0 radical (unpaired) electrons. The van der Waals surface area contributed by atoms with Crippen molar-refractivity contribution in [3.63, 3.8) is 0 Å². The van der Waals surface area contributed by atoms with E-state index in [1.807, 2.05) is 0 Å². The lowest BCUT2D eigenvalue weighted by Gasteiger charge is -2.42. The van der Waals surface area contributed by atoms with Crippen molar-refractivity contribution in [3.8, 4) is 0 Å². The van der Waals surface area contributed by atoms with Crippen LogP contribution in [0.2, 0.25) is 5.15 Å². The minimum atomic E-state index is 0.209. The number of aromatic nitrogens is 1. The van der Waals surface area contributed by atoms with Crippen LogP contribution in [0, 0.1) is 0 Å². The topological polar surface area (TPSA) is 36.4 Å². The molecule has 100 valence electrons. The molecule has 0 amide bonds. The molecule has 1 fully saturated rings. The number of piperazine rings is 1. The van der Waals surface area contributed by atoms with Gasteiger partial charge in [-0.1, -0.05) is 22.9 Å². The van der Waals surface area contributed by atoms with Crippen molar-refractivity contribution in [1.29, 1.82) is 0 Å². The van der Waals surface area contributed by atoms with Gasteiger partial charge >= 0.3 is 0 Å². The second kappa shape index (κ2) is 5.15. The lowest BCUT2D eigenvalue weighted by atomic mass is 10.1. The molecular formula is C12H18ClN3OS. The van der Waals surface area contributed by atoms with E-state index in [1.54, 1.807) is 0 Å². The molecule has 2 heterocycles. The van der Waals surface area contributed by atoms with E-state index in [1.165, 1.54) is 11.3 Å². The maximum atomic E-state index is 10.8. The van der Waals surface area contributed by atoms with Gasteiger partial charge in [-0.15, -0.1) is 0 Å². The second-order valence-electron chi connectivity index (χ2n) is 5.41. The van der Waals surface area contributed by atoms with Crippen molar-refractivity contribution >= 4 is 34.4 Å². The molecule has 1 aliphatic rings. The number of aldehydes is 1. The number of thiazole rings is 1. The van der Waals surface area contributed by atoms with Gasteiger partial charge < -0.3 is 4.90 Å². The zero-order valence-electron chi connectivity index (χ0n) is 10.9. The molecule has 1 aromatic heterocycles. The van der Waals surface area contributed by atoms with E-state index in [0.29, 0.717) is 10.0 Å². The van der Waals surface area contributed by atoms with Crippen LogP contribution in [-0.4, -0.2) is 47.9 Å². The molecule has 4 nitrogen and oxygen atoms in total. The highest BCUT2D eigenvalue weighted by atomic mass is 35.5. The number of carbonyl (C=O) groups excluding carboxylic acids is 1. The average molecular weight is 288 g/mol. The van der Waals surface area contributed by atoms with E-state index in [2.05, 4.69) is 35.6 Å². The van der Waals surface area contributed by atoms with Gasteiger partial charge in [0.15, 0.2) is 16.6 Å². The highest BCUT2D eigenvalue weighted by Gasteiger charge is 2.27. The van der Waals surface area contributed by atoms with Crippen LogP contribution in [0.3, 0.4) is 0 Å². The quantitative estimate of drug-likeness (QED) is 0.783. The van der Waals surface area contributed by atoms with Gasteiger partial charge in [-0.3, -0.25) is 9.69 Å². The Morgan fingerprint density at radius 1 is 1.28 bits per heavy atom. The fraction of sp³-hybridized carbons (Fsp3) is 0.667. The number of carbonyl (C=O) groups is 1. The number of nitrogens with zero attached hydrogens (tertiary/aromatic N) is 3. The summed E-state index contributed by atoms with van der Waals surface area (Å²) in [6.45, 7) is 10.6. The number of rotatable bonds is 2. The molecule has 0 unspecified atom stereocenters. The molecule has 0 spiro atoms. The molecule has 0 atom stereocenters. The zero-order valence-corrected chi connectivity index (χ0v) is 12.5. The Morgan fingerprint density at radius 3 is 2.33 bits per heavy atom. The molecule has 6 heteroatoms. The van der Waals surface area contributed by atoms with Crippen LogP contribution in [0.15, 0.2) is 0 Å². The minimum Gasteiger partial charge on any atom is -0.345 e. The molecule has 0 N–H and O–H groups in total. The molecule has 18 heavy (non-hydrogen) atoms. The molecule has 0 saturated carbocycles. The number of halogens is 1. The molecule has 1 aromatic rings. The van der Waals surface area contributed by atoms with Crippen molar-refractivity contribution in [2.75, 3.05) is 31.1 Å². The predicted molar refractivity (Wildman–Crippen MR) is 76.1 cm³/mol. The number of hydrogen-bond acceptors (Lipinski definition) is 5. The maximum Gasteiger partial charge on any atom is 0.187 e. The number of anilines is 1. The Bertz CT molecular complexity index is 433. The summed E-state index contributed by atoms with van der Waals surface area (Å²) in [5, 5.41) is 1.18. The normalized spacial score (nSPS) is 18.1. The van der Waals surface area contributed by atoms with Crippen LogP contribution in [0.5, 0.6) is 0 Å². The summed E-state index contributed by atoms with van der Waals surface area (Å²) < 4.78 is 0. The van der Waals surface area contributed by atoms with Crippen molar-refractivity contribution < 1.29 is 4.79 Å². The van der Waals surface area contributed by atoms with Gasteiger partial charge in [0.2, 0.25) is 0 Å². The maximum absolute atomic E-state index is 10.8. The van der Waals surface area contributed by atoms with Crippen LogP contribution >= 0.6 is 22.9 Å². The summed E-state index contributed by atoms with van der Waals surface area (Å²) in [6.07, 6.45) is 0.773. The van der Waals surface area contributed by atoms with E-state index in [4.69, 9.17) is 11.6 Å². The van der Waals surface area contributed by atoms with E-state index in [-0.39, 0.29) is 5.54 Å². The smallest absolute Gasteiger partial charge is 0.187 e. The van der Waals surface area contributed by atoms with Gasteiger partial charge in [0.1, 0.15) is 4.88 Å². The van der Waals surface area contributed by atoms with Crippen molar-refractivity contribution in [2.45, 2.75) is 26.3 Å². The molecule has 0 aliphatic carbocycles. The van der Waals surface area contributed by atoms with Crippen molar-refractivity contribution in [3.05, 3.63) is 10.0 Å². The Balaban J connectivity index is 2.03. The van der Waals surface area contributed by atoms with Gasteiger partial charge in [-0.25, -0.2) is 4.98 Å². The van der Waals surface area contributed by atoms with E-state index in [0.717, 1.165) is 37.6 Å². The highest BCUT2D eigenvalue weighted by Crippen LogP contribution is 2.29. The lowest BCUT2D eigenvalue weighted by Crippen LogP contribution is -2.53. The van der Waals surface area contributed by atoms with E-state index in [9.17, 15) is 4.79 Å². The second-order valence-corrected chi connectivity index (χ2v) is 6.78. The molecule has 0 bridgehead atoms. The molecular weight excluding hydrogens is 270 g/mol. The molecule has 1 saturated heterocycles. The highest BCUT2D eigenvalue weighted by molar-refractivity contribution is 7.17. The summed E-state index contributed by atoms with van der Waals surface area (Å²) in [5.74, 6) is 0. The van der Waals surface area contributed by atoms with Crippen molar-refractivity contribution in [1.82, 2.24) is 9.88 Å². The summed E-state index contributed by atoms with van der Waals surface area (Å²) in [7, 11) is 0. The summed E-state index contributed by atoms with van der Waals surface area (Å²) in [5.41, 5.74) is 0.209. The third-order valence-corrected chi connectivity index (χ3v) is 4.65. The lowest BCUT2D eigenvalue weighted by molar-refractivity contribution is 0.112. The van der Waals surface area contributed by atoms with E-state index < -0.39 is 0 Å². The first kappa shape index (κ1) is 13.8. The van der Waals surface area contributed by atoms with Gasteiger partial charge in [0.05, 0.1) is 0 Å². The van der Waals surface area contributed by atoms with Crippen LogP contribution in [0.25, 0.3) is 0 Å². The SMILES string of the molecule is CC(C)(C)N1CCN(c2nc(Cl)c(C=O)s2)CC1. The van der Waals surface area contributed by atoms with Gasteiger partial charge in [-0.05, 0) is 20.8 Å². The average Bonchev–Trinajstić information content (AvgIpc) is 2.69. The van der Waals surface area contributed by atoms with Crippen LogP contribution in [-0.2, 0) is 0 Å². The number of hydrogen-bond donors (Lipinski definition) is 0. The summed E-state index contributed by atoms with van der Waals surface area (Å²) >= 11 is 7.27. The van der Waals surface area contributed by atoms with E-state index >= 15 is 0 Å². The summed E-state index contributed by atoms with van der Waals surface area (Å²) in [6, 6.07) is 0. The molecule has 1 aliphatic heterocycles. The molecule has 2 rings (SSSR count). The Kier molecular flexibility index (Phi) is 3.94. The first-order chi connectivity index (χ1) is 8.41. The fourth-order valence-electron chi connectivity index (χ4n) is 2.08. The van der Waals surface area contributed by atoms with Crippen LogP contribution in [0.4, 0.5) is 5.13 Å². The van der Waals surface area contributed by atoms with Crippen LogP contribution < -0.4 is 4.90 Å². The standard InChI is InChI=1S/C12H18ClN3OS/c1-12(2,3)16-6-4-15(5-7-16)11-14-10(13)9(8-17)18-11/h8H,4-7H2,1-3H3. The Morgan fingerprint density at radius 2 is 1.89 bits per heavy atom. The first-order valence-electron chi connectivity index (χ1n) is 6.03. The van der Waals surface area contributed by atoms with Gasteiger partial charge in [0.25, 0.3) is 0 Å². The fourth-order valence-corrected chi connectivity index (χ4v) is 3.19. The largest absolute Gasteiger partial charge is 0.345 e. The first-order valence-corrected chi connectivity index (χ1v) is 7.23. The molecule has 0 aromatic carbocycles. The van der Waals surface area contributed by atoms with Crippen LogP contribution in [0.1, 0.15) is 30.4 Å². The Hall–Kier alpha value is -0.650. The minimum absolute atomic E-state index is 0.209.